The number of carbonyl (C=O) groups is 1. The van der Waals surface area contributed by atoms with Gasteiger partial charge in [-0.25, -0.2) is 4.79 Å². The predicted molar refractivity (Wildman–Crippen MR) is 58.3 cm³/mol. The van der Waals surface area contributed by atoms with E-state index in [1.165, 1.54) is 12.1 Å². The fourth-order valence-corrected chi connectivity index (χ4v) is 1.04. The van der Waals surface area contributed by atoms with E-state index in [2.05, 4.69) is 6.58 Å². The summed E-state index contributed by atoms with van der Waals surface area (Å²) in [6.45, 7) is 7.35. The minimum atomic E-state index is -0.961. The number of ether oxygens (including phenoxy) is 1. The molecule has 0 aliphatic rings. The topological polar surface area (TPSA) is 46.5 Å². The molecule has 0 spiro atoms. The standard InChI is InChI=1S/C12H14O3/c1-4-12(2,3)15-10-7-5-6-9(8-10)11(13)14/h4-8H,1H2,2-3H3,(H,13,14). The van der Waals surface area contributed by atoms with Crippen molar-refractivity contribution < 1.29 is 14.6 Å². The van der Waals surface area contributed by atoms with E-state index in [4.69, 9.17) is 9.84 Å². The van der Waals surface area contributed by atoms with Gasteiger partial charge in [-0.15, -0.1) is 0 Å². The Bertz CT molecular complexity index is 380. The quantitative estimate of drug-likeness (QED) is 0.770. The molecular formula is C12H14O3. The fraction of sp³-hybridized carbons (Fsp3) is 0.250. The summed E-state index contributed by atoms with van der Waals surface area (Å²) in [5.41, 5.74) is -0.288. The van der Waals surface area contributed by atoms with Crippen LogP contribution in [0.4, 0.5) is 0 Å². The molecule has 0 aromatic heterocycles. The number of carboxylic acid groups (broad SMARTS) is 1. The van der Waals surface area contributed by atoms with E-state index in [0.29, 0.717) is 5.75 Å². The van der Waals surface area contributed by atoms with Crippen LogP contribution in [-0.2, 0) is 0 Å². The van der Waals surface area contributed by atoms with Gasteiger partial charge in [0.25, 0.3) is 0 Å². The van der Waals surface area contributed by atoms with Crippen molar-refractivity contribution in [3.05, 3.63) is 42.5 Å². The van der Waals surface area contributed by atoms with Gasteiger partial charge in [0.1, 0.15) is 11.4 Å². The Morgan fingerprint density at radius 1 is 1.53 bits per heavy atom. The summed E-state index contributed by atoms with van der Waals surface area (Å²) in [7, 11) is 0. The normalized spacial score (nSPS) is 10.8. The van der Waals surface area contributed by atoms with Crippen LogP contribution in [0.15, 0.2) is 36.9 Å². The summed E-state index contributed by atoms with van der Waals surface area (Å²) < 4.78 is 5.56. The number of hydrogen-bond acceptors (Lipinski definition) is 2. The first kappa shape index (κ1) is 11.3. The van der Waals surface area contributed by atoms with E-state index in [1.807, 2.05) is 13.8 Å². The maximum atomic E-state index is 10.7. The second kappa shape index (κ2) is 4.17. The number of carboxylic acids is 1. The molecule has 0 amide bonds. The molecule has 0 saturated heterocycles. The maximum absolute atomic E-state index is 10.7. The maximum Gasteiger partial charge on any atom is 0.335 e. The predicted octanol–water partition coefficient (Wildman–Crippen LogP) is 2.73. The third-order valence-electron chi connectivity index (χ3n) is 1.95. The molecule has 0 saturated carbocycles. The van der Waals surface area contributed by atoms with Gasteiger partial charge in [-0.3, -0.25) is 0 Å². The molecule has 1 rings (SSSR count). The first-order valence-electron chi connectivity index (χ1n) is 4.60. The minimum absolute atomic E-state index is 0.215. The molecule has 0 bridgehead atoms. The van der Waals surface area contributed by atoms with Crippen LogP contribution >= 0.6 is 0 Å². The van der Waals surface area contributed by atoms with Gasteiger partial charge in [-0.2, -0.15) is 0 Å². The lowest BCUT2D eigenvalue weighted by Gasteiger charge is -2.22. The molecule has 3 nitrogen and oxygen atoms in total. The zero-order valence-corrected chi connectivity index (χ0v) is 8.86. The van der Waals surface area contributed by atoms with Crippen LogP contribution in [0.5, 0.6) is 5.75 Å². The molecule has 80 valence electrons. The van der Waals surface area contributed by atoms with Crippen molar-refractivity contribution in [3.8, 4) is 5.75 Å². The van der Waals surface area contributed by atoms with Crippen LogP contribution in [0.1, 0.15) is 24.2 Å². The summed E-state index contributed by atoms with van der Waals surface area (Å²) in [5.74, 6) is -0.434. The number of benzene rings is 1. The highest BCUT2D eigenvalue weighted by atomic mass is 16.5. The molecule has 15 heavy (non-hydrogen) atoms. The second-order valence-electron chi connectivity index (χ2n) is 3.74. The first-order valence-corrected chi connectivity index (χ1v) is 4.60. The second-order valence-corrected chi connectivity index (χ2v) is 3.74. The zero-order chi connectivity index (χ0) is 11.5. The summed E-state index contributed by atoms with van der Waals surface area (Å²) in [6, 6.07) is 6.39. The highest BCUT2D eigenvalue weighted by Gasteiger charge is 2.15. The van der Waals surface area contributed by atoms with Crippen molar-refractivity contribution >= 4 is 5.97 Å². The summed E-state index contributed by atoms with van der Waals surface area (Å²) in [6.07, 6.45) is 1.67. The summed E-state index contributed by atoms with van der Waals surface area (Å²) in [4.78, 5) is 10.7. The Labute approximate surface area is 89.0 Å². The van der Waals surface area contributed by atoms with E-state index in [0.717, 1.165) is 0 Å². The summed E-state index contributed by atoms with van der Waals surface area (Å²) >= 11 is 0. The van der Waals surface area contributed by atoms with E-state index < -0.39 is 11.6 Å². The van der Waals surface area contributed by atoms with Crippen molar-refractivity contribution in [3.63, 3.8) is 0 Å². The molecule has 1 aromatic rings. The Kier molecular flexibility index (Phi) is 3.14. The molecule has 0 unspecified atom stereocenters. The Morgan fingerprint density at radius 3 is 2.73 bits per heavy atom. The highest BCUT2D eigenvalue weighted by molar-refractivity contribution is 5.88. The van der Waals surface area contributed by atoms with Gasteiger partial charge in [0.2, 0.25) is 0 Å². The van der Waals surface area contributed by atoms with E-state index in [-0.39, 0.29) is 5.56 Å². The van der Waals surface area contributed by atoms with Crippen molar-refractivity contribution in [2.24, 2.45) is 0 Å². The molecule has 1 aromatic carbocycles. The lowest BCUT2D eigenvalue weighted by molar-refractivity contribution is 0.0695. The zero-order valence-electron chi connectivity index (χ0n) is 8.86. The number of aromatic carboxylic acids is 1. The van der Waals surface area contributed by atoms with Crippen LogP contribution in [0.3, 0.4) is 0 Å². The van der Waals surface area contributed by atoms with Gasteiger partial charge >= 0.3 is 5.97 Å². The van der Waals surface area contributed by atoms with E-state index in [1.54, 1.807) is 18.2 Å². The molecule has 3 heteroatoms. The average molecular weight is 206 g/mol. The smallest absolute Gasteiger partial charge is 0.335 e. The van der Waals surface area contributed by atoms with Crippen molar-refractivity contribution in [1.29, 1.82) is 0 Å². The Hall–Kier alpha value is -1.77. The number of rotatable bonds is 4. The molecular weight excluding hydrogens is 192 g/mol. The van der Waals surface area contributed by atoms with Gasteiger partial charge in [0, 0.05) is 0 Å². The first-order chi connectivity index (χ1) is 6.94. The lowest BCUT2D eigenvalue weighted by atomic mass is 10.1. The van der Waals surface area contributed by atoms with Gasteiger partial charge < -0.3 is 9.84 Å². The average Bonchev–Trinajstić information content (AvgIpc) is 2.17. The van der Waals surface area contributed by atoms with Gasteiger partial charge in [0.05, 0.1) is 5.56 Å². The monoisotopic (exact) mass is 206 g/mol. The van der Waals surface area contributed by atoms with Gasteiger partial charge in [-0.1, -0.05) is 12.6 Å². The molecule has 0 aliphatic carbocycles. The molecule has 0 fully saturated rings. The largest absolute Gasteiger partial charge is 0.484 e. The molecule has 0 radical (unpaired) electrons. The van der Waals surface area contributed by atoms with Crippen LogP contribution in [0, 0.1) is 0 Å². The van der Waals surface area contributed by atoms with Crippen molar-refractivity contribution in [1.82, 2.24) is 0 Å². The SMILES string of the molecule is C=CC(C)(C)Oc1cccc(C(=O)O)c1. The fourth-order valence-electron chi connectivity index (χ4n) is 1.04. The number of hydrogen-bond donors (Lipinski definition) is 1. The third kappa shape index (κ3) is 3.13. The summed E-state index contributed by atoms with van der Waals surface area (Å²) in [5, 5.41) is 8.79. The van der Waals surface area contributed by atoms with Crippen LogP contribution < -0.4 is 4.74 Å². The molecule has 0 aliphatic heterocycles. The van der Waals surface area contributed by atoms with Crippen molar-refractivity contribution in [2.75, 3.05) is 0 Å². The highest BCUT2D eigenvalue weighted by Crippen LogP contribution is 2.20. The van der Waals surface area contributed by atoms with Crippen molar-refractivity contribution in [2.45, 2.75) is 19.4 Å². The lowest BCUT2D eigenvalue weighted by Crippen LogP contribution is -2.24. The van der Waals surface area contributed by atoms with Crippen LogP contribution in [-0.4, -0.2) is 16.7 Å². The van der Waals surface area contributed by atoms with Gasteiger partial charge in [-0.05, 0) is 38.1 Å². The van der Waals surface area contributed by atoms with E-state index >= 15 is 0 Å². The van der Waals surface area contributed by atoms with Gasteiger partial charge in [0.15, 0.2) is 0 Å². The van der Waals surface area contributed by atoms with Crippen LogP contribution in [0.25, 0.3) is 0 Å². The molecule has 0 heterocycles. The van der Waals surface area contributed by atoms with Crippen LogP contribution in [0.2, 0.25) is 0 Å². The Morgan fingerprint density at radius 2 is 2.20 bits per heavy atom. The molecule has 1 N–H and O–H groups in total. The minimum Gasteiger partial charge on any atom is -0.484 e. The molecule has 0 atom stereocenters. The third-order valence-corrected chi connectivity index (χ3v) is 1.95. The Balaban J connectivity index is 2.92. The van der Waals surface area contributed by atoms with E-state index in [9.17, 15) is 4.79 Å².